The minimum absolute atomic E-state index is 0.330. The molecule has 1 atom stereocenters. The van der Waals surface area contributed by atoms with Gasteiger partial charge in [-0.15, -0.1) is 0 Å². The number of para-hydroxylation sites is 1. The highest BCUT2D eigenvalue weighted by Crippen LogP contribution is 2.25. The Labute approximate surface area is 129 Å². The van der Waals surface area contributed by atoms with E-state index in [-0.39, 0.29) is 6.23 Å². The zero-order valence-electron chi connectivity index (χ0n) is 12.9. The van der Waals surface area contributed by atoms with Crippen LogP contribution in [-0.2, 0) is 11.3 Å². The van der Waals surface area contributed by atoms with Crippen LogP contribution < -0.4 is 11.2 Å². The van der Waals surface area contributed by atoms with E-state index in [0.717, 1.165) is 40.6 Å². The molecule has 0 aliphatic rings. The molecular weight excluding hydrogens is 278 g/mol. The lowest BCUT2D eigenvalue weighted by atomic mass is 10.1. The number of rotatable bonds is 6. The van der Waals surface area contributed by atoms with Crippen LogP contribution >= 0.6 is 0 Å². The van der Waals surface area contributed by atoms with E-state index < -0.39 is 0 Å². The number of aromatic nitrogens is 3. The number of benzene rings is 1. The monoisotopic (exact) mass is 299 g/mol. The van der Waals surface area contributed by atoms with Crippen molar-refractivity contribution in [3.8, 4) is 0 Å². The predicted octanol–water partition coefficient (Wildman–Crippen LogP) is 2.36. The van der Waals surface area contributed by atoms with Gasteiger partial charge in [-0.3, -0.25) is 0 Å². The molecule has 3 N–H and O–H groups in total. The van der Waals surface area contributed by atoms with Crippen molar-refractivity contribution >= 4 is 21.9 Å². The third-order valence-corrected chi connectivity index (χ3v) is 3.47. The highest BCUT2D eigenvalue weighted by Gasteiger charge is 2.14. The maximum atomic E-state index is 5.68. The van der Waals surface area contributed by atoms with E-state index in [1.54, 1.807) is 13.3 Å². The number of pyridine rings is 1. The summed E-state index contributed by atoms with van der Waals surface area (Å²) >= 11 is 0. The van der Waals surface area contributed by atoms with Crippen LogP contribution in [0.1, 0.15) is 26.0 Å². The van der Waals surface area contributed by atoms with E-state index >= 15 is 0 Å². The number of nitrogens with zero attached hydrogens (tertiary/aromatic N) is 3. The van der Waals surface area contributed by atoms with Gasteiger partial charge in [-0.1, -0.05) is 25.1 Å². The smallest absolute Gasteiger partial charge is 0.115 e. The van der Waals surface area contributed by atoms with E-state index in [9.17, 15) is 0 Å². The van der Waals surface area contributed by atoms with Crippen LogP contribution in [0.2, 0.25) is 0 Å². The van der Waals surface area contributed by atoms with Gasteiger partial charge < -0.3 is 15.9 Å². The molecular formula is C16H21N5O. The van der Waals surface area contributed by atoms with E-state index in [1.807, 2.05) is 22.9 Å². The van der Waals surface area contributed by atoms with Crippen molar-refractivity contribution in [2.24, 2.45) is 5.73 Å². The number of imidazole rings is 1. The fourth-order valence-corrected chi connectivity index (χ4v) is 2.45. The van der Waals surface area contributed by atoms with E-state index in [1.165, 1.54) is 0 Å². The maximum Gasteiger partial charge on any atom is 0.115 e. The van der Waals surface area contributed by atoms with Gasteiger partial charge in [0.05, 0.1) is 17.8 Å². The number of ether oxygens (including phenoxy) is 1. The van der Waals surface area contributed by atoms with Gasteiger partial charge in [-0.25, -0.2) is 14.6 Å². The summed E-state index contributed by atoms with van der Waals surface area (Å²) in [5, 5.41) is 1.07. The van der Waals surface area contributed by atoms with Crippen molar-refractivity contribution in [1.82, 2.24) is 14.6 Å². The lowest BCUT2D eigenvalue weighted by molar-refractivity contribution is 0.0564. The Balaban J connectivity index is 2.16. The van der Waals surface area contributed by atoms with Crippen LogP contribution in [0.4, 0.5) is 0 Å². The number of hydrogen-bond acceptors (Lipinski definition) is 5. The predicted molar refractivity (Wildman–Crippen MR) is 88.0 cm³/mol. The van der Waals surface area contributed by atoms with E-state index in [2.05, 4.69) is 28.4 Å². The summed E-state index contributed by atoms with van der Waals surface area (Å²) in [4.78, 5) is 9.20. The van der Waals surface area contributed by atoms with Crippen LogP contribution in [0.15, 0.2) is 30.6 Å². The SMILES string of the molecule is CCCNn1cnc2c(COC(C)N)nc3ccccc3c21. The summed E-state index contributed by atoms with van der Waals surface area (Å²) in [5.74, 6) is 0. The molecule has 3 aromatic rings. The molecule has 0 aliphatic carbocycles. The molecule has 3 rings (SSSR count). The molecule has 0 saturated heterocycles. The summed E-state index contributed by atoms with van der Waals surface area (Å²) in [6.45, 7) is 5.17. The first kappa shape index (κ1) is 14.7. The van der Waals surface area contributed by atoms with Crippen LogP contribution in [0, 0.1) is 0 Å². The molecule has 0 amide bonds. The Morgan fingerprint density at radius 1 is 1.36 bits per heavy atom. The van der Waals surface area contributed by atoms with Crippen molar-refractivity contribution < 1.29 is 4.74 Å². The topological polar surface area (TPSA) is 78.0 Å². The summed E-state index contributed by atoms with van der Waals surface area (Å²) in [6, 6.07) is 8.06. The van der Waals surface area contributed by atoms with E-state index in [4.69, 9.17) is 10.5 Å². The van der Waals surface area contributed by atoms with Crippen molar-refractivity contribution in [2.45, 2.75) is 33.1 Å². The molecule has 0 aliphatic heterocycles. The Hall–Kier alpha value is -2.18. The molecule has 6 heteroatoms. The first-order valence-corrected chi connectivity index (χ1v) is 7.56. The minimum atomic E-state index is -0.330. The Morgan fingerprint density at radius 3 is 2.95 bits per heavy atom. The highest BCUT2D eigenvalue weighted by atomic mass is 16.5. The second kappa shape index (κ2) is 6.29. The normalized spacial score (nSPS) is 12.9. The third kappa shape index (κ3) is 2.75. The molecule has 0 spiro atoms. The minimum Gasteiger partial charge on any atom is -0.358 e. The van der Waals surface area contributed by atoms with Crippen molar-refractivity contribution in [1.29, 1.82) is 0 Å². The average molecular weight is 299 g/mol. The quantitative estimate of drug-likeness (QED) is 0.683. The summed E-state index contributed by atoms with van der Waals surface area (Å²) < 4.78 is 7.49. The average Bonchev–Trinajstić information content (AvgIpc) is 2.95. The molecule has 116 valence electrons. The summed E-state index contributed by atoms with van der Waals surface area (Å²) in [6.07, 6.45) is 2.51. The molecule has 0 saturated carbocycles. The second-order valence-electron chi connectivity index (χ2n) is 5.31. The zero-order valence-corrected chi connectivity index (χ0v) is 12.9. The molecule has 22 heavy (non-hydrogen) atoms. The standard InChI is InChI=1S/C16H21N5O/c1-3-8-19-21-10-18-15-14(9-22-11(2)17)20-13-7-5-4-6-12(13)16(15)21/h4-7,10-11,19H,3,8-9,17H2,1-2H3. The highest BCUT2D eigenvalue weighted by molar-refractivity contribution is 6.03. The molecule has 2 aromatic heterocycles. The van der Waals surface area contributed by atoms with Gasteiger partial charge in [0.25, 0.3) is 0 Å². The molecule has 2 heterocycles. The van der Waals surface area contributed by atoms with Crippen LogP contribution in [0.25, 0.3) is 21.9 Å². The molecule has 0 bridgehead atoms. The first-order chi connectivity index (χ1) is 10.7. The lowest BCUT2D eigenvalue weighted by Gasteiger charge is -2.11. The molecule has 0 fully saturated rings. The van der Waals surface area contributed by atoms with Gasteiger partial charge in [-0.05, 0) is 19.4 Å². The van der Waals surface area contributed by atoms with Crippen LogP contribution in [0.3, 0.4) is 0 Å². The van der Waals surface area contributed by atoms with Crippen molar-refractivity contribution in [3.05, 3.63) is 36.3 Å². The number of nitrogens with one attached hydrogen (secondary N) is 1. The van der Waals surface area contributed by atoms with Crippen LogP contribution in [0.5, 0.6) is 0 Å². The van der Waals surface area contributed by atoms with Gasteiger partial charge in [0.1, 0.15) is 23.6 Å². The molecule has 0 radical (unpaired) electrons. The summed E-state index contributed by atoms with van der Waals surface area (Å²) in [5.41, 5.74) is 12.7. The fraction of sp³-hybridized carbons (Fsp3) is 0.375. The van der Waals surface area contributed by atoms with Gasteiger partial charge in [0.15, 0.2) is 0 Å². The molecule has 1 unspecified atom stereocenters. The first-order valence-electron chi connectivity index (χ1n) is 7.56. The summed E-state index contributed by atoms with van der Waals surface area (Å²) in [7, 11) is 0. The Bertz CT molecular complexity index is 781. The third-order valence-electron chi connectivity index (χ3n) is 3.47. The van der Waals surface area contributed by atoms with Gasteiger partial charge in [-0.2, -0.15) is 0 Å². The number of hydrogen-bond donors (Lipinski definition) is 2. The number of fused-ring (bicyclic) bond motifs is 3. The van der Waals surface area contributed by atoms with E-state index in [0.29, 0.717) is 6.61 Å². The molecule has 6 nitrogen and oxygen atoms in total. The van der Waals surface area contributed by atoms with Crippen molar-refractivity contribution in [3.63, 3.8) is 0 Å². The lowest BCUT2D eigenvalue weighted by Crippen LogP contribution is -2.19. The largest absolute Gasteiger partial charge is 0.358 e. The van der Waals surface area contributed by atoms with Gasteiger partial charge in [0, 0.05) is 11.9 Å². The van der Waals surface area contributed by atoms with Crippen LogP contribution in [-0.4, -0.2) is 27.4 Å². The Morgan fingerprint density at radius 2 is 2.18 bits per heavy atom. The van der Waals surface area contributed by atoms with Gasteiger partial charge >= 0.3 is 0 Å². The van der Waals surface area contributed by atoms with Crippen molar-refractivity contribution in [2.75, 3.05) is 12.0 Å². The maximum absolute atomic E-state index is 5.68. The zero-order chi connectivity index (χ0) is 15.5. The fourth-order valence-electron chi connectivity index (χ4n) is 2.45. The Kier molecular flexibility index (Phi) is 4.22. The second-order valence-corrected chi connectivity index (χ2v) is 5.31. The van der Waals surface area contributed by atoms with Gasteiger partial charge in [0.2, 0.25) is 0 Å². The number of nitrogens with two attached hydrogens (primary N) is 1. The molecule has 1 aromatic carbocycles.